The Bertz CT molecular complexity index is 478. The van der Waals surface area contributed by atoms with Gasteiger partial charge in [0.2, 0.25) is 0 Å². The zero-order valence-corrected chi connectivity index (χ0v) is 12.7. The second-order valence-electron chi connectivity index (χ2n) is 6.46. The highest BCUT2D eigenvalue weighted by molar-refractivity contribution is 7.09. The Morgan fingerprint density at radius 1 is 1.37 bits per heavy atom. The minimum absolute atomic E-state index is 0.138. The molecular weight excluding hydrogens is 254 g/mol. The van der Waals surface area contributed by atoms with Crippen LogP contribution in [-0.4, -0.2) is 22.9 Å². The summed E-state index contributed by atoms with van der Waals surface area (Å²) in [7, 11) is 0. The van der Waals surface area contributed by atoms with Gasteiger partial charge in [-0.1, -0.05) is 32.8 Å². The van der Waals surface area contributed by atoms with Crippen molar-refractivity contribution in [1.82, 2.24) is 4.90 Å². The van der Waals surface area contributed by atoms with E-state index >= 15 is 0 Å². The lowest BCUT2D eigenvalue weighted by atomic mass is 9.62. The Morgan fingerprint density at radius 3 is 2.84 bits per heavy atom. The molecule has 2 N–H and O–H groups in total. The van der Waals surface area contributed by atoms with Gasteiger partial charge in [0.25, 0.3) is 0 Å². The summed E-state index contributed by atoms with van der Waals surface area (Å²) in [6, 6.07) is 4.31. The van der Waals surface area contributed by atoms with Crippen molar-refractivity contribution in [3.05, 3.63) is 22.4 Å². The summed E-state index contributed by atoms with van der Waals surface area (Å²) in [5, 5.41) is 2.14. The molecule has 2 aliphatic rings. The molecular formula is C15H23N3S. The van der Waals surface area contributed by atoms with Crippen LogP contribution in [0.1, 0.15) is 44.4 Å². The third-order valence-electron chi connectivity index (χ3n) is 5.09. The number of nitrogens with zero attached hydrogens (tertiary/aromatic N) is 2. The van der Waals surface area contributed by atoms with E-state index in [1.807, 2.05) is 11.3 Å². The average molecular weight is 277 g/mol. The van der Waals surface area contributed by atoms with Gasteiger partial charge in [-0.25, -0.2) is 0 Å². The van der Waals surface area contributed by atoms with Crippen LogP contribution >= 0.6 is 11.3 Å². The van der Waals surface area contributed by atoms with Crippen molar-refractivity contribution in [3.63, 3.8) is 0 Å². The Hall–Kier alpha value is -1.03. The average Bonchev–Trinajstić information content (AvgIpc) is 2.97. The number of rotatable bonds is 2. The maximum absolute atomic E-state index is 6.20. The Labute approximate surface area is 119 Å². The molecule has 1 unspecified atom stereocenters. The topological polar surface area (TPSA) is 41.6 Å². The number of aliphatic imine (C=N–C) groups is 1. The van der Waals surface area contributed by atoms with Crippen molar-refractivity contribution in [1.29, 1.82) is 0 Å². The van der Waals surface area contributed by atoms with Gasteiger partial charge in [-0.15, -0.1) is 11.3 Å². The zero-order valence-electron chi connectivity index (χ0n) is 11.9. The van der Waals surface area contributed by atoms with Crippen LogP contribution in [0.15, 0.2) is 22.5 Å². The molecule has 1 aromatic rings. The predicted molar refractivity (Wildman–Crippen MR) is 81.3 cm³/mol. The van der Waals surface area contributed by atoms with Gasteiger partial charge >= 0.3 is 0 Å². The van der Waals surface area contributed by atoms with Gasteiger partial charge in [0.1, 0.15) is 0 Å². The number of nitrogens with two attached hydrogens (primary N) is 1. The number of guanidine groups is 1. The molecule has 19 heavy (non-hydrogen) atoms. The fourth-order valence-corrected chi connectivity index (χ4v) is 4.43. The van der Waals surface area contributed by atoms with Gasteiger partial charge in [0, 0.05) is 4.88 Å². The Kier molecular flexibility index (Phi) is 3.08. The molecule has 0 bridgehead atoms. The lowest BCUT2D eigenvalue weighted by Crippen LogP contribution is -2.60. The number of thiophene rings is 1. The van der Waals surface area contributed by atoms with Crippen LogP contribution < -0.4 is 5.73 Å². The van der Waals surface area contributed by atoms with Gasteiger partial charge in [0.15, 0.2) is 5.96 Å². The molecule has 1 atom stereocenters. The van der Waals surface area contributed by atoms with E-state index in [9.17, 15) is 0 Å². The molecule has 1 fully saturated rings. The van der Waals surface area contributed by atoms with E-state index in [-0.39, 0.29) is 11.0 Å². The SMILES string of the molecule is CC1(C)CCCCC12CN=C(N)N2Cc1cccs1. The summed E-state index contributed by atoms with van der Waals surface area (Å²) in [5.74, 6) is 0.739. The molecule has 1 aromatic heterocycles. The minimum atomic E-state index is 0.138. The first kappa shape index (κ1) is 13.0. The lowest BCUT2D eigenvalue weighted by molar-refractivity contribution is 0.00570. The van der Waals surface area contributed by atoms with Crippen molar-refractivity contribution in [2.45, 2.75) is 51.6 Å². The molecule has 0 aromatic carbocycles. The maximum atomic E-state index is 6.20. The Balaban J connectivity index is 1.92. The van der Waals surface area contributed by atoms with E-state index in [2.05, 4.69) is 41.3 Å². The molecule has 0 radical (unpaired) electrons. The van der Waals surface area contributed by atoms with E-state index in [0.29, 0.717) is 0 Å². The molecule has 1 aliphatic heterocycles. The van der Waals surface area contributed by atoms with Crippen LogP contribution in [0.2, 0.25) is 0 Å². The third kappa shape index (κ3) is 1.97. The molecule has 104 valence electrons. The van der Waals surface area contributed by atoms with Gasteiger partial charge in [-0.2, -0.15) is 0 Å². The summed E-state index contributed by atoms with van der Waals surface area (Å²) in [6.45, 7) is 6.57. The summed E-state index contributed by atoms with van der Waals surface area (Å²) in [6.07, 6.45) is 5.13. The molecule has 1 aliphatic carbocycles. The quantitative estimate of drug-likeness (QED) is 0.902. The first-order valence-electron chi connectivity index (χ1n) is 7.15. The summed E-state index contributed by atoms with van der Waals surface area (Å²) < 4.78 is 0. The van der Waals surface area contributed by atoms with Crippen LogP contribution in [0.3, 0.4) is 0 Å². The van der Waals surface area contributed by atoms with Crippen LogP contribution in [0.25, 0.3) is 0 Å². The van der Waals surface area contributed by atoms with Gasteiger partial charge in [0.05, 0.1) is 18.6 Å². The molecule has 2 heterocycles. The fraction of sp³-hybridized carbons (Fsp3) is 0.667. The van der Waals surface area contributed by atoms with E-state index in [1.54, 1.807) is 0 Å². The van der Waals surface area contributed by atoms with Crippen molar-refractivity contribution >= 4 is 17.3 Å². The zero-order chi connectivity index (χ0) is 13.5. The molecule has 0 amide bonds. The highest BCUT2D eigenvalue weighted by Crippen LogP contribution is 2.50. The lowest BCUT2D eigenvalue weighted by Gasteiger charge is -2.53. The monoisotopic (exact) mass is 277 g/mol. The second kappa shape index (κ2) is 4.51. The van der Waals surface area contributed by atoms with E-state index in [1.165, 1.54) is 30.6 Å². The fourth-order valence-electron chi connectivity index (χ4n) is 3.74. The summed E-state index contributed by atoms with van der Waals surface area (Å²) in [5.41, 5.74) is 6.63. The smallest absolute Gasteiger partial charge is 0.192 e. The summed E-state index contributed by atoms with van der Waals surface area (Å²) in [4.78, 5) is 8.36. The standard InChI is InChI=1S/C15H23N3S/c1-14(2)7-3-4-8-15(14)11-17-13(16)18(15)10-12-6-5-9-19-12/h5-6,9H,3-4,7-8,10-11H2,1-2H3,(H2,16,17). The molecule has 0 saturated heterocycles. The van der Waals surface area contributed by atoms with Gasteiger partial charge in [-0.3, -0.25) is 4.99 Å². The normalized spacial score (nSPS) is 29.8. The predicted octanol–water partition coefficient (Wildman–Crippen LogP) is 3.22. The maximum Gasteiger partial charge on any atom is 0.192 e. The number of hydrogen-bond acceptors (Lipinski definition) is 4. The van der Waals surface area contributed by atoms with Crippen LogP contribution in [0, 0.1) is 5.41 Å². The van der Waals surface area contributed by atoms with Crippen molar-refractivity contribution in [3.8, 4) is 0 Å². The highest BCUT2D eigenvalue weighted by Gasteiger charge is 2.53. The van der Waals surface area contributed by atoms with Crippen molar-refractivity contribution in [2.75, 3.05) is 6.54 Å². The van der Waals surface area contributed by atoms with Crippen LogP contribution in [-0.2, 0) is 6.54 Å². The summed E-state index contributed by atoms with van der Waals surface area (Å²) >= 11 is 1.81. The second-order valence-corrected chi connectivity index (χ2v) is 7.49. The number of hydrogen-bond donors (Lipinski definition) is 1. The van der Waals surface area contributed by atoms with E-state index < -0.39 is 0 Å². The van der Waals surface area contributed by atoms with Gasteiger partial charge < -0.3 is 10.6 Å². The first-order chi connectivity index (χ1) is 9.05. The van der Waals surface area contributed by atoms with Crippen LogP contribution in [0.5, 0.6) is 0 Å². The molecule has 3 nitrogen and oxygen atoms in total. The molecule has 4 heteroatoms. The molecule has 1 spiro atoms. The van der Waals surface area contributed by atoms with Gasteiger partial charge in [-0.05, 0) is 29.7 Å². The largest absolute Gasteiger partial charge is 0.370 e. The van der Waals surface area contributed by atoms with Crippen molar-refractivity contribution < 1.29 is 0 Å². The van der Waals surface area contributed by atoms with Crippen LogP contribution in [0.4, 0.5) is 0 Å². The molecule has 1 saturated carbocycles. The minimum Gasteiger partial charge on any atom is -0.370 e. The highest BCUT2D eigenvalue weighted by atomic mass is 32.1. The molecule has 3 rings (SSSR count). The van der Waals surface area contributed by atoms with E-state index in [4.69, 9.17) is 5.73 Å². The third-order valence-corrected chi connectivity index (χ3v) is 5.95. The van der Waals surface area contributed by atoms with Crippen molar-refractivity contribution in [2.24, 2.45) is 16.1 Å². The Morgan fingerprint density at radius 2 is 2.16 bits per heavy atom. The van der Waals surface area contributed by atoms with E-state index in [0.717, 1.165) is 19.0 Å². The first-order valence-corrected chi connectivity index (χ1v) is 8.03.